The van der Waals surface area contributed by atoms with Gasteiger partial charge < -0.3 is 10.1 Å². The van der Waals surface area contributed by atoms with Crippen molar-refractivity contribution in [1.82, 2.24) is 15.1 Å². The summed E-state index contributed by atoms with van der Waals surface area (Å²) in [5.41, 5.74) is 2.18. The van der Waals surface area contributed by atoms with Crippen molar-refractivity contribution < 1.29 is 13.9 Å². The van der Waals surface area contributed by atoms with E-state index in [4.69, 9.17) is 16.3 Å². The molecule has 0 bridgehead atoms. The highest BCUT2D eigenvalue weighted by Gasteiger charge is 2.28. The molecule has 2 fully saturated rings. The van der Waals surface area contributed by atoms with E-state index in [0.29, 0.717) is 22.7 Å². The molecule has 1 N–H and O–H groups in total. The molecule has 4 rings (SSSR count). The van der Waals surface area contributed by atoms with Gasteiger partial charge in [-0.05, 0) is 55.8 Å². The summed E-state index contributed by atoms with van der Waals surface area (Å²) in [7, 11) is 0. The number of benzene rings is 2. The van der Waals surface area contributed by atoms with Gasteiger partial charge >= 0.3 is 0 Å². The SMILES string of the molecule is O=C(NCC(c1c(F)cccc1Cl)N1CCCC1)c1cccc(CN2CCOCC2)c1. The van der Waals surface area contributed by atoms with Crippen LogP contribution in [0, 0.1) is 5.82 Å². The first-order valence-electron chi connectivity index (χ1n) is 11.0. The first-order valence-corrected chi connectivity index (χ1v) is 11.3. The van der Waals surface area contributed by atoms with Gasteiger partial charge in [-0.25, -0.2) is 4.39 Å². The Hall–Kier alpha value is -1.99. The standard InChI is InChI=1S/C24H29ClFN3O2/c25-20-7-4-8-21(26)23(20)22(29-9-1-2-10-29)16-27-24(30)19-6-3-5-18(15-19)17-28-11-13-31-14-12-28/h3-8,15,22H,1-2,9-14,16-17H2,(H,27,30). The zero-order valence-electron chi connectivity index (χ0n) is 17.7. The number of carbonyl (C=O) groups is 1. The smallest absolute Gasteiger partial charge is 0.251 e. The average molecular weight is 446 g/mol. The molecule has 2 aliphatic heterocycles. The number of rotatable bonds is 7. The van der Waals surface area contributed by atoms with E-state index in [9.17, 15) is 9.18 Å². The number of hydrogen-bond donors (Lipinski definition) is 1. The van der Waals surface area contributed by atoms with Gasteiger partial charge in [0, 0.05) is 42.3 Å². The lowest BCUT2D eigenvalue weighted by molar-refractivity contribution is 0.0342. The van der Waals surface area contributed by atoms with E-state index >= 15 is 0 Å². The largest absolute Gasteiger partial charge is 0.379 e. The van der Waals surface area contributed by atoms with Crippen molar-refractivity contribution in [1.29, 1.82) is 0 Å². The molecular weight excluding hydrogens is 417 g/mol. The topological polar surface area (TPSA) is 44.8 Å². The zero-order chi connectivity index (χ0) is 21.6. The Balaban J connectivity index is 1.45. The predicted octanol–water partition coefficient (Wildman–Crippen LogP) is 3.88. The number of likely N-dealkylation sites (tertiary alicyclic amines) is 1. The van der Waals surface area contributed by atoms with Crippen molar-refractivity contribution in [2.75, 3.05) is 45.9 Å². The third kappa shape index (κ3) is 5.63. The first kappa shape index (κ1) is 22.2. The second-order valence-electron chi connectivity index (χ2n) is 8.19. The minimum Gasteiger partial charge on any atom is -0.379 e. The van der Waals surface area contributed by atoms with Gasteiger partial charge in [-0.3, -0.25) is 14.6 Å². The summed E-state index contributed by atoms with van der Waals surface area (Å²) in [6.07, 6.45) is 2.14. The maximum atomic E-state index is 14.6. The molecule has 0 aliphatic carbocycles. The van der Waals surface area contributed by atoms with Crippen molar-refractivity contribution in [3.05, 3.63) is 70.0 Å². The zero-order valence-corrected chi connectivity index (χ0v) is 18.4. The number of nitrogens with one attached hydrogen (secondary N) is 1. The number of ether oxygens (including phenoxy) is 1. The molecule has 2 aromatic carbocycles. The van der Waals surface area contributed by atoms with Gasteiger partial charge in [-0.15, -0.1) is 0 Å². The highest BCUT2D eigenvalue weighted by atomic mass is 35.5. The summed E-state index contributed by atoms with van der Waals surface area (Å²) in [5, 5.41) is 3.42. The van der Waals surface area contributed by atoms with Crippen LogP contribution in [0.5, 0.6) is 0 Å². The van der Waals surface area contributed by atoms with E-state index in [0.717, 1.165) is 64.3 Å². The van der Waals surface area contributed by atoms with Crippen LogP contribution in [0.15, 0.2) is 42.5 Å². The second-order valence-corrected chi connectivity index (χ2v) is 8.60. The maximum Gasteiger partial charge on any atom is 0.251 e. The normalized spacial score (nSPS) is 18.8. The summed E-state index contributed by atoms with van der Waals surface area (Å²) in [6, 6.07) is 12.2. The monoisotopic (exact) mass is 445 g/mol. The van der Waals surface area contributed by atoms with Crippen LogP contribution < -0.4 is 5.32 Å². The first-order chi connectivity index (χ1) is 15.1. The molecule has 1 atom stereocenters. The molecule has 31 heavy (non-hydrogen) atoms. The van der Waals surface area contributed by atoms with Crippen molar-refractivity contribution in [3.63, 3.8) is 0 Å². The number of amides is 1. The predicted molar refractivity (Wildman–Crippen MR) is 120 cm³/mol. The summed E-state index contributed by atoms with van der Waals surface area (Å²) in [6.45, 7) is 6.15. The molecule has 2 aliphatic rings. The fourth-order valence-corrected chi connectivity index (χ4v) is 4.70. The van der Waals surface area contributed by atoms with E-state index < -0.39 is 0 Å². The third-order valence-corrected chi connectivity index (χ3v) is 6.40. The molecule has 0 spiro atoms. The van der Waals surface area contributed by atoms with Crippen LogP contribution in [0.25, 0.3) is 0 Å². The van der Waals surface area contributed by atoms with Gasteiger partial charge in [0.15, 0.2) is 0 Å². The fourth-order valence-electron chi connectivity index (χ4n) is 4.42. The van der Waals surface area contributed by atoms with Crippen molar-refractivity contribution in [3.8, 4) is 0 Å². The van der Waals surface area contributed by atoms with Crippen LogP contribution >= 0.6 is 11.6 Å². The lowest BCUT2D eigenvalue weighted by Crippen LogP contribution is -2.37. The number of hydrogen-bond acceptors (Lipinski definition) is 4. The fraction of sp³-hybridized carbons (Fsp3) is 0.458. The Morgan fingerprint density at radius 3 is 2.58 bits per heavy atom. The van der Waals surface area contributed by atoms with Crippen LogP contribution in [-0.4, -0.2) is 61.6 Å². The molecule has 0 radical (unpaired) electrons. The Labute approximate surface area is 188 Å². The molecule has 7 heteroatoms. The van der Waals surface area contributed by atoms with Gasteiger partial charge in [-0.1, -0.05) is 29.8 Å². The summed E-state index contributed by atoms with van der Waals surface area (Å²) < 4.78 is 20.0. The molecule has 0 saturated carbocycles. The molecular formula is C24H29ClFN3O2. The quantitative estimate of drug-likeness (QED) is 0.702. The molecule has 0 aromatic heterocycles. The lowest BCUT2D eigenvalue weighted by atomic mass is 10.0. The highest BCUT2D eigenvalue weighted by Crippen LogP contribution is 2.32. The number of halogens is 2. The summed E-state index contributed by atoms with van der Waals surface area (Å²) in [5.74, 6) is -0.480. The lowest BCUT2D eigenvalue weighted by Gasteiger charge is -2.29. The molecule has 5 nitrogen and oxygen atoms in total. The molecule has 2 heterocycles. The molecule has 1 amide bonds. The number of nitrogens with zero attached hydrogens (tertiary/aromatic N) is 2. The Kier molecular flexibility index (Phi) is 7.56. The van der Waals surface area contributed by atoms with E-state index in [1.807, 2.05) is 24.3 Å². The molecule has 2 saturated heterocycles. The summed E-state index contributed by atoms with van der Waals surface area (Å²) in [4.78, 5) is 17.5. The van der Waals surface area contributed by atoms with Gasteiger partial charge in [0.1, 0.15) is 5.82 Å². The minimum absolute atomic E-state index is 0.152. The van der Waals surface area contributed by atoms with Crippen LogP contribution in [0.3, 0.4) is 0 Å². The Morgan fingerprint density at radius 2 is 1.84 bits per heavy atom. The van der Waals surface area contributed by atoms with Gasteiger partial charge in [0.05, 0.1) is 19.3 Å². The maximum absolute atomic E-state index is 14.6. The third-order valence-electron chi connectivity index (χ3n) is 6.07. The Morgan fingerprint density at radius 1 is 1.10 bits per heavy atom. The van der Waals surface area contributed by atoms with Crippen molar-refractivity contribution >= 4 is 17.5 Å². The van der Waals surface area contributed by atoms with E-state index in [1.165, 1.54) is 6.07 Å². The van der Waals surface area contributed by atoms with Crippen LogP contribution in [0.1, 0.15) is 40.4 Å². The second kappa shape index (κ2) is 10.6. The van der Waals surface area contributed by atoms with Crippen LogP contribution in [0.4, 0.5) is 4.39 Å². The van der Waals surface area contributed by atoms with Crippen LogP contribution in [0.2, 0.25) is 5.02 Å². The van der Waals surface area contributed by atoms with Crippen molar-refractivity contribution in [2.45, 2.75) is 25.4 Å². The Bertz CT molecular complexity index is 878. The number of morpholine rings is 1. The highest BCUT2D eigenvalue weighted by molar-refractivity contribution is 6.31. The van der Waals surface area contributed by atoms with Gasteiger partial charge in [-0.2, -0.15) is 0 Å². The number of carbonyl (C=O) groups excluding carboxylic acids is 1. The van der Waals surface area contributed by atoms with Crippen LogP contribution in [-0.2, 0) is 11.3 Å². The minimum atomic E-state index is -0.328. The van der Waals surface area contributed by atoms with E-state index in [2.05, 4.69) is 15.1 Å². The molecule has 2 aromatic rings. The van der Waals surface area contributed by atoms with Gasteiger partial charge in [0.25, 0.3) is 5.91 Å². The van der Waals surface area contributed by atoms with E-state index in [1.54, 1.807) is 12.1 Å². The van der Waals surface area contributed by atoms with E-state index in [-0.39, 0.29) is 17.8 Å². The van der Waals surface area contributed by atoms with Crippen molar-refractivity contribution in [2.24, 2.45) is 0 Å². The van der Waals surface area contributed by atoms with Gasteiger partial charge in [0.2, 0.25) is 0 Å². The average Bonchev–Trinajstić information content (AvgIpc) is 3.31. The molecule has 166 valence electrons. The summed E-state index contributed by atoms with van der Waals surface area (Å²) >= 11 is 6.36. The molecule has 1 unspecified atom stereocenters.